The van der Waals surface area contributed by atoms with E-state index in [4.69, 9.17) is 16.3 Å². The number of hydrogen-bond donors (Lipinski definition) is 1. The molecule has 1 N–H and O–H groups in total. The number of anilines is 1. The van der Waals surface area contributed by atoms with E-state index in [2.05, 4.69) is 10.4 Å². The number of benzene rings is 1. The highest BCUT2D eigenvalue weighted by molar-refractivity contribution is 6.34. The Bertz CT molecular complexity index is 593. The molecule has 2 rings (SSSR count). The number of hydrogen-bond acceptors (Lipinski definition) is 3. The molecule has 0 aliphatic heterocycles. The molecule has 0 saturated carbocycles. The number of aromatic nitrogens is 2. The van der Waals surface area contributed by atoms with E-state index in [1.54, 1.807) is 28.9 Å². The zero-order chi connectivity index (χ0) is 14.5. The van der Waals surface area contributed by atoms with Gasteiger partial charge in [0.1, 0.15) is 11.4 Å². The maximum absolute atomic E-state index is 12.2. The molecular weight excluding hydrogens is 278 g/mol. The van der Waals surface area contributed by atoms with Gasteiger partial charge in [0, 0.05) is 12.2 Å². The molecule has 0 atom stereocenters. The van der Waals surface area contributed by atoms with Crippen LogP contribution in [0.1, 0.15) is 24.3 Å². The first kappa shape index (κ1) is 14.4. The van der Waals surface area contributed by atoms with E-state index < -0.39 is 0 Å². The number of nitrogens with zero attached hydrogens (tertiary/aromatic N) is 2. The summed E-state index contributed by atoms with van der Waals surface area (Å²) in [6, 6.07) is 7.17. The predicted octanol–water partition coefficient (Wildman–Crippen LogP) is 3.21. The van der Waals surface area contributed by atoms with Crippen LogP contribution in [0.5, 0.6) is 5.75 Å². The van der Waals surface area contributed by atoms with E-state index in [1.165, 1.54) is 6.20 Å². The number of amides is 1. The van der Waals surface area contributed by atoms with Crippen LogP contribution in [0.25, 0.3) is 0 Å². The van der Waals surface area contributed by atoms with Gasteiger partial charge < -0.3 is 10.1 Å². The summed E-state index contributed by atoms with van der Waals surface area (Å²) in [4.78, 5) is 12.2. The minimum atomic E-state index is -0.279. The largest absolute Gasteiger partial charge is 0.494 e. The lowest BCUT2D eigenvalue weighted by molar-refractivity contribution is 0.101. The van der Waals surface area contributed by atoms with Gasteiger partial charge in [-0.3, -0.25) is 9.48 Å². The summed E-state index contributed by atoms with van der Waals surface area (Å²) in [5.41, 5.74) is 1.04. The molecule has 6 heteroatoms. The van der Waals surface area contributed by atoms with Crippen molar-refractivity contribution < 1.29 is 9.53 Å². The molecule has 0 aliphatic carbocycles. The first-order valence-electron chi connectivity index (χ1n) is 6.41. The molecule has 0 aliphatic rings. The number of halogens is 1. The van der Waals surface area contributed by atoms with Crippen LogP contribution in [0.4, 0.5) is 5.69 Å². The maximum atomic E-state index is 12.2. The summed E-state index contributed by atoms with van der Waals surface area (Å²) in [6.45, 7) is 5.01. The quantitative estimate of drug-likeness (QED) is 0.921. The van der Waals surface area contributed by atoms with E-state index in [9.17, 15) is 4.79 Å². The second-order valence-electron chi connectivity index (χ2n) is 4.07. The molecule has 0 saturated heterocycles. The van der Waals surface area contributed by atoms with Crippen LogP contribution < -0.4 is 10.1 Å². The molecule has 0 bridgehead atoms. The molecule has 0 radical (unpaired) electrons. The first-order chi connectivity index (χ1) is 9.65. The lowest BCUT2D eigenvalue weighted by atomic mass is 10.3. The van der Waals surface area contributed by atoms with Gasteiger partial charge in [0.25, 0.3) is 5.91 Å². The topological polar surface area (TPSA) is 56.1 Å². The van der Waals surface area contributed by atoms with Gasteiger partial charge in [-0.15, -0.1) is 0 Å². The van der Waals surface area contributed by atoms with Crippen molar-refractivity contribution in [3.63, 3.8) is 0 Å². The van der Waals surface area contributed by atoms with Crippen LogP contribution in [0.3, 0.4) is 0 Å². The van der Waals surface area contributed by atoms with Crippen LogP contribution in [0.15, 0.2) is 30.5 Å². The summed E-state index contributed by atoms with van der Waals surface area (Å²) < 4.78 is 6.91. The highest BCUT2D eigenvalue weighted by atomic mass is 35.5. The molecular formula is C14H16ClN3O2. The Balaban J connectivity index is 2.13. The molecule has 1 aromatic carbocycles. The van der Waals surface area contributed by atoms with Crippen LogP contribution in [-0.4, -0.2) is 22.3 Å². The van der Waals surface area contributed by atoms with Crippen molar-refractivity contribution in [2.75, 3.05) is 11.9 Å². The van der Waals surface area contributed by atoms with E-state index >= 15 is 0 Å². The molecule has 1 heterocycles. The monoisotopic (exact) mass is 293 g/mol. The van der Waals surface area contributed by atoms with E-state index in [0.29, 0.717) is 29.6 Å². The van der Waals surface area contributed by atoms with Crippen LogP contribution in [0, 0.1) is 0 Å². The van der Waals surface area contributed by atoms with Crippen LogP contribution in [-0.2, 0) is 6.54 Å². The lowest BCUT2D eigenvalue weighted by Crippen LogP contribution is -2.17. The first-order valence-corrected chi connectivity index (χ1v) is 6.79. The molecule has 1 aromatic heterocycles. The minimum Gasteiger partial charge on any atom is -0.494 e. The van der Waals surface area contributed by atoms with E-state index in [0.717, 1.165) is 5.75 Å². The Kier molecular flexibility index (Phi) is 4.63. The maximum Gasteiger partial charge on any atom is 0.275 e. The van der Waals surface area contributed by atoms with E-state index in [-0.39, 0.29) is 5.91 Å². The van der Waals surface area contributed by atoms with Gasteiger partial charge in [0.2, 0.25) is 0 Å². The van der Waals surface area contributed by atoms with Gasteiger partial charge in [-0.1, -0.05) is 11.6 Å². The van der Waals surface area contributed by atoms with Crippen molar-refractivity contribution in [3.05, 3.63) is 41.2 Å². The van der Waals surface area contributed by atoms with Gasteiger partial charge in [-0.25, -0.2) is 0 Å². The average Bonchev–Trinajstić information content (AvgIpc) is 2.82. The zero-order valence-corrected chi connectivity index (χ0v) is 12.1. The minimum absolute atomic E-state index is 0.279. The summed E-state index contributed by atoms with van der Waals surface area (Å²) in [6.07, 6.45) is 1.47. The molecule has 0 spiro atoms. The number of rotatable bonds is 5. The molecule has 0 unspecified atom stereocenters. The third-order valence-corrected chi connectivity index (χ3v) is 3.01. The second kappa shape index (κ2) is 6.43. The van der Waals surface area contributed by atoms with Crippen molar-refractivity contribution in [2.45, 2.75) is 20.4 Å². The molecule has 20 heavy (non-hydrogen) atoms. The number of nitrogens with one attached hydrogen (secondary N) is 1. The Hall–Kier alpha value is -2.01. The highest BCUT2D eigenvalue weighted by Crippen LogP contribution is 2.19. The Morgan fingerprint density at radius 1 is 1.35 bits per heavy atom. The molecule has 1 amide bonds. The Labute approximate surface area is 122 Å². The SMILES string of the molecule is CCOc1ccc(NC(=O)c2c(Cl)cnn2CC)cc1. The molecule has 0 fully saturated rings. The fraction of sp³-hybridized carbons (Fsp3) is 0.286. The standard InChI is InChI=1S/C14H16ClN3O2/c1-3-18-13(12(15)9-16-18)14(19)17-10-5-7-11(8-6-10)20-4-2/h5-9H,3-4H2,1-2H3,(H,17,19). The van der Waals surface area contributed by atoms with Crippen LogP contribution in [0.2, 0.25) is 5.02 Å². The summed E-state index contributed by atoms with van der Waals surface area (Å²) in [5.74, 6) is 0.487. The van der Waals surface area contributed by atoms with Crippen molar-refractivity contribution >= 4 is 23.2 Å². The molecule has 2 aromatic rings. The highest BCUT2D eigenvalue weighted by Gasteiger charge is 2.16. The van der Waals surface area contributed by atoms with Crippen molar-refractivity contribution in [1.82, 2.24) is 9.78 Å². The van der Waals surface area contributed by atoms with Crippen molar-refractivity contribution in [3.8, 4) is 5.75 Å². The fourth-order valence-corrected chi connectivity index (χ4v) is 2.05. The summed E-state index contributed by atoms with van der Waals surface area (Å²) in [5, 5.41) is 7.17. The second-order valence-corrected chi connectivity index (χ2v) is 4.48. The smallest absolute Gasteiger partial charge is 0.275 e. The van der Waals surface area contributed by atoms with Crippen LogP contribution >= 0.6 is 11.6 Å². The van der Waals surface area contributed by atoms with E-state index in [1.807, 2.05) is 13.8 Å². The normalized spacial score (nSPS) is 10.3. The fourth-order valence-electron chi connectivity index (χ4n) is 1.82. The molecule has 5 nitrogen and oxygen atoms in total. The number of carbonyl (C=O) groups excluding carboxylic acids is 1. The lowest BCUT2D eigenvalue weighted by Gasteiger charge is -2.08. The number of ether oxygens (including phenoxy) is 1. The third-order valence-electron chi connectivity index (χ3n) is 2.73. The summed E-state index contributed by atoms with van der Waals surface area (Å²) >= 11 is 5.99. The van der Waals surface area contributed by atoms with Gasteiger partial charge in [-0.05, 0) is 38.1 Å². The van der Waals surface area contributed by atoms with Gasteiger partial charge in [-0.2, -0.15) is 5.10 Å². The summed E-state index contributed by atoms with van der Waals surface area (Å²) in [7, 11) is 0. The van der Waals surface area contributed by atoms with Gasteiger partial charge >= 0.3 is 0 Å². The van der Waals surface area contributed by atoms with Gasteiger partial charge in [0.05, 0.1) is 17.8 Å². The number of aryl methyl sites for hydroxylation is 1. The predicted molar refractivity (Wildman–Crippen MR) is 78.5 cm³/mol. The average molecular weight is 294 g/mol. The van der Waals surface area contributed by atoms with Crippen molar-refractivity contribution in [1.29, 1.82) is 0 Å². The van der Waals surface area contributed by atoms with Crippen molar-refractivity contribution in [2.24, 2.45) is 0 Å². The Morgan fingerprint density at radius 2 is 2.05 bits per heavy atom. The zero-order valence-electron chi connectivity index (χ0n) is 11.4. The Morgan fingerprint density at radius 3 is 2.65 bits per heavy atom. The molecule has 106 valence electrons. The third kappa shape index (κ3) is 3.11. The van der Waals surface area contributed by atoms with Gasteiger partial charge in [0.15, 0.2) is 0 Å². The number of carbonyl (C=O) groups is 1.